The molecule has 23 heavy (non-hydrogen) atoms. The van der Waals surface area contributed by atoms with E-state index in [1.54, 1.807) is 0 Å². The summed E-state index contributed by atoms with van der Waals surface area (Å²) < 4.78 is 32.3. The number of halogens is 2. The van der Waals surface area contributed by atoms with Crippen molar-refractivity contribution < 1.29 is 28.2 Å². The van der Waals surface area contributed by atoms with Gasteiger partial charge in [-0.05, 0) is 24.5 Å². The Hall–Kier alpha value is -2.44. The number of rotatable bonds is 6. The molecule has 0 unspecified atom stereocenters. The Balaban J connectivity index is 2.15. The van der Waals surface area contributed by atoms with Crippen LogP contribution in [0.1, 0.15) is 20.3 Å². The summed E-state index contributed by atoms with van der Waals surface area (Å²) in [4.78, 5) is 24.5. The molecule has 0 saturated carbocycles. The van der Waals surface area contributed by atoms with Gasteiger partial charge in [-0.3, -0.25) is 4.79 Å². The zero-order chi connectivity index (χ0) is 17.1. The van der Waals surface area contributed by atoms with Gasteiger partial charge in [0.05, 0.1) is 6.54 Å². The van der Waals surface area contributed by atoms with Gasteiger partial charge in [-0.1, -0.05) is 19.9 Å². The van der Waals surface area contributed by atoms with Gasteiger partial charge in [0.25, 0.3) is 5.91 Å². The second-order valence-electron chi connectivity index (χ2n) is 5.71. The van der Waals surface area contributed by atoms with Crippen LogP contribution in [0.2, 0.25) is 0 Å². The molecule has 2 rings (SSSR count). The van der Waals surface area contributed by atoms with E-state index in [0.29, 0.717) is 0 Å². The summed E-state index contributed by atoms with van der Waals surface area (Å²) in [5.74, 6) is -4.00. The molecule has 1 amide bonds. The van der Waals surface area contributed by atoms with Crippen molar-refractivity contribution in [3.8, 4) is 5.75 Å². The summed E-state index contributed by atoms with van der Waals surface area (Å²) >= 11 is 0. The molecule has 1 aromatic carbocycles. The second kappa shape index (κ2) is 6.76. The van der Waals surface area contributed by atoms with Crippen LogP contribution >= 0.6 is 0 Å². The molecule has 0 radical (unpaired) electrons. The largest absolute Gasteiger partial charge is 0.480 e. The third-order valence-corrected chi connectivity index (χ3v) is 3.40. The standard InChI is InChI=1S/C16H17F2NO4/c1-9(2)6-13(16(21)22)19-8-10(7-14(19)20)23-15-11(17)4-3-5-12(15)18/h3-5,7,9,13H,6,8H2,1-2H3,(H,21,22)/t13-/m0/s1. The van der Waals surface area contributed by atoms with E-state index < -0.39 is 35.3 Å². The summed E-state index contributed by atoms with van der Waals surface area (Å²) in [5, 5.41) is 9.29. The molecule has 5 nitrogen and oxygen atoms in total. The van der Waals surface area contributed by atoms with Crippen molar-refractivity contribution >= 4 is 11.9 Å². The highest BCUT2D eigenvalue weighted by Crippen LogP contribution is 2.26. The topological polar surface area (TPSA) is 66.8 Å². The fourth-order valence-corrected chi connectivity index (χ4v) is 2.36. The highest BCUT2D eigenvalue weighted by Gasteiger charge is 2.34. The average Bonchev–Trinajstić information content (AvgIpc) is 2.80. The Bertz CT molecular complexity index is 637. The number of nitrogens with zero attached hydrogens (tertiary/aromatic N) is 1. The Kier molecular flexibility index (Phi) is 4.98. The van der Waals surface area contributed by atoms with Gasteiger partial charge in [0.2, 0.25) is 0 Å². The van der Waals surface area contributed by atoms with E-state index in [0.717, 1.165) is 23.1 Å². The van der Waals surface area contributed by atoms with Crippen molar-refractivity contribution in [2.75, 3.05) is 6.54 Å². The van der Waals surface area contributed by atoms with Crippen LogP contribution in [0, 0.1) is 17.6 Å². The molecule has 0 aliphatic carbocycles. The molecule has 0 spiro atoms. The third-order valence-electron chi connectivity index (χ3n) is 3.40. The summed E-state index contributed by atoms with van der Waals surface area (Å²) in [6, 6.07) is 2.25. The SMILES string of the molecule is CC(C)C[C@@H](C(=O)O)N1CC(Oc2c(F)cccc2F)=CC1=O. The number of carbonyl (C=O) groups excluding carboxylic acids is 1. The first-order chi connectivity index (χ1) is 10.8. The van der Waals surface area contributed by atoms with Crippen molar-refractivity contribution in [2.45, 2.75) is 26.3 Å². The second-order valence-corrected chi connectivity index (χ2v) is 5.71. The molecular weight excluding hydrogens is 308 g/mol. The fourth-order valence-electron chi connectivity index (χ4n) is 2.36. The van der Waals surface area contributed by atoms with E-state index in [1.165, 1.54) is 6.07 Å². The first-order valence-electron chi connectivity index (χ1n) is 7.15. The minimum atomic E-state index is -1.13. The van der Waals surface area contributed by atoms with E-state index >= 15 is 0 Å². The Morgan fingerprint density at radius 2 is 1.96 bits per heavy atom. The predicted octanol–water partition coefficient (Wildman–Crippen LogP) is 2.57. The number of aliphatic carboxylic acids is 1. The van der Waals surface area contributed by atoms with Crippen LogP contribution in [-0.4, -0.2) is 34.5 Å². The van der Waals surface area contributed by atoms with Crippen molar-refractivity contribution in [1.82, 2.24) is 4.90 Å². The number of hydrogen-bond donors (Lipinski definition) is 1. The van der Waals surface area contributed by atoms with Crippen LogP contribution in [0.25, 0.3) is 0 Å². The molecule has 1 heterocycles. The lowest BCUT2D eigenvalue weighted by Crippen LogP contribution is -2.43. The maximum atomic E-state index is 13.6. The Morgan fingerprint density at radius 3 is 2.48 bits per heavy atom. The molecule has 1 atom stereocenters. The van der Waals surface area contributed by atoms with E-state index in [2.05, 4.69) is 0 Å². The number of amides is 1. The van der Waals surface area contributed by atoms with Crippen molar-refractivity contribution in [3.05, 3.63) is 41.7 Å². The van der Waals surface area contributed by atoms with Gasteiger partial charge < -0.3 is 14.7 Å². The van der Waals surface area contributed by atoms with Crippen LogP contribution in [0.15, 0.2) is 30.0 Å². The Labute approximate surface area is 132 Å². The highest BCUT2D eigenvalue weighted by atomic mass is 19.1. The minimum absolute atomic E-state index is 0.00834. The quantitative estimate of drug-likeness (QED) is 0.873. The Morgan fingerprint density at radius 1 is 1.35 bits per heavy atom. The first-order valence-corrected chi connectivity index (χ1v) is 7.15. The molecule has 0 aromatic heterocycles. The molecular formula is C16H17F2NO4. The lowest BCUT2D eigenvalue weighted by molar-refractivity contribution is -0.148. The average molecular weight is 325 g/mol. The molecule has 7 heteroatoms. The zero-order valence-corrected chi connectivity index (χ0v) is 12.8. The van der Waals surface area contributed by atoms with Gasteiger partial charge in [0.15, 0.2) is 17.4 Å². The van der Waals surface area contributed by atoms with Gasteiger partial charge in [0, 0.05) is 6.08 Å². The number of carboxylic acids is 1. The first kappa shape index (κ1) is 16.9. The lowest BCUT2D eigenvalue weighted by atomic mass is 10.0. The number of ether oxygens (including phenoxy) is 1. The van der Waals surface area contributed by atoms with Crippen LogP contribution < -0.4 is 4.74 Å². The van der Waals surface area contributed by atoms with Gasteiger partial charge in [0.1, 0.15) is 11.8 Å². The number of benzene rings is 1. The van der Waals surface area contributed by atoms with E-state index in [-0.39, 0.29) is 24.6 Å². The minimum Gasteiger partial charge on any atom is -0.480 e. The molecule has 0 fully saturated rings. The monoisotopic (exact) mass is 325 g/mol. The van der Waals surface area contributed by atoms with E-state index in [9.17, 15) is 23.5 Å². The summed E-state index contributed by atoms with van der Waals surface area (Å²) in [6.07, 6.45) is 1.33. The normalized spacial score (nSPS) is 15.8. The van der Waals surface area contributed by atoms with Gasteiger partial charge in [-0.25, -0.2) is 13.6 Å². The van der Waals surface area contributed by atoms with Gasteiger partial charge >= 0.3 is 5.97 Å². The maximum Gasteiger partial charge on any atom is 0.326 e. The molecule has 1 N–H and O–H groups in total. The zero-order valence-electron chi connectivity index (χ0n) is 12.8. The molecule has 1 aromatic rings. The van der Waals surface area contributed by atoms with Gasteiger partial charge in [-0.2, -0.15) is 0 Å². The van der Waals surface area contributed by atoms with Gasteiger partial charge in [-0.15, -0.1) is 0 Å². The van der Waals surface area contributed by atoms with Crippen molar-refractivity contribution in [2.24, 2.45) is 5.92 Å². The van der Waals surface area contributed by atoms with Crippen molar-refractivity contribution in [1.29, 1.82) is 0 Å². The molecule has 1 aliphatic heterocycles. The molecule has 0 bridgehead atoms. The van der Waals surface area contributed by atoms with Crippen molar-refractivity contribution in [3.63, 3.8) is 0 Å². The van der Waals surface area contributed by atoms with E-state index in [1.807, 2.05) is 13.8 Å². The van der Waals surface area contributed by atoms with Crippen LogP contribution in [0.5, 0.6) is 5.75 Å². The van der Waals surface area contributed by atoms with Crippen LogP contribution in [0.4, 0.5) is 8.78 Å². The summed E-state index contributed by atoms with van der Waals surface area (Å²) in [7, 11) is 0. The maximum absolute atomic E-state index is 13.6. The van der Waals surface area contributed by atoms with Crippen LogP contribution in [0.3, 0.4) is 0 Å². The summed E-state index contributed by atoms with van der Waals surface area (Å²) in [5.41, 5.74) is 0. The predicted molar refractivity (Wildman–Crippen MR) is 77.7 cm³/mol. The number of hydrogen-bond acceptors (Lipinski definition) is 3. The number of carboxylic acid groups (broad SMARTS) is 1. The lowest BCUT2D eigenvalue weighted by Gasteiger charge is -2.25. The molecule has 1 aliphatic rings. The van der Waals surface area contributed by atoms with E-state index in [4.69, 9.17) is 4.74 Å². The molecule has 124 valence electrons. The third kappa shape index (κ3) is 3.85. The fraction of sp³-hybridized carbons (Fsp3) is 0.375. The molecule has 0 saturated heterocycles. The highest BCUT2D eigenvalue weighted by molar-refractivity contribution is 5.94. The number of carbonyl (C=O) groups is 2. The smallest absolute Gasteiger partial charge is 0.326 e. The number of para-hydroxylation sites is 1. The summed E-state index contributed by atoms with van der Waals surface area (Å²) in [6.45, 7) is 3.54. The van der Waals surface area contributed by atoms with Crippen LogP contribution in [-0.2, 0) is 9.59 Å².